The van der Waals surface area contributed by atoms with Gasteiger partial charge in [0.2, 0.25) is 0 Å². The van der Waals surface area contributed by atoms with Gasteiger partial charge >= 0.3 is 0 Å². The third-order valence-corrected chi connectivity index (χ3v) is 5.73. The molecular weight excluding hydrogens is 286 g/mol. The van der Waals surface area contributed by atoms with Gasteiger partial charge in [-0.05, 0) is 50.9 Å². The Balaban J connectivity index is 1.29. The molecule has 4 nitrogen and oxygen atoms in total. The number of hydrogen-bond donors (Lipinski definition) is 1. The maximum absolute atomic E-state index is 5.80. The lowest BCUT2D eigenvalue weighted by atomic mass is 10.0. The van der Waals surface area contributed by atoms with E-state index in [0.717, 1.165) is 26.3 Å². The summed E-state index contributed by atoms with van der Waals surface area (Å²) in [5, 5.41) is 3.92. The summed E-state index contributed by atoms with van der Waals surface area (Å²) in [5.74, 6) is 0. The van der Waals surface area contributed by atoms with Crippen LogP contribution < -0.4 is 10.2 Å². The largest absolute Gasteiger partial charge is 0.378 e. The molecule has 1 aromatic rings. The molecule has 0 radical (unpaired) electrons. The van der Waals surface area contributed by atoms with Crippen LogP contribution in [0.25, 0.3) is 0 Å². The minimum absolute atomic E-state index is 0.529. The summed E-state index contributed by atoms with van der Waals surface area (Å²) in [7, 11) is 0. The van der Waals surface area contributed by atoms with Crippen LogP contribution in [0.3, 0.4) is 0 Å². The lowest BCUT2D eigenvalue weighted by molar-refractivity contribution is 0.158. The van der Waals surface area contributed by atoms with E-state index in [1.165, 1.54) is 44.5 Å². The van der Waals surface area contributed by atoms with Crippen LogP contribution in [0.2, 0.25) is 0 Å². The summed E-state index contributed by atoms with van der Waals surface area (Å²) < 4.78 is 5.80. The van der Waals surface area contributed by atoms with Crippen molar-refractivity contribution in [1.82, 2.24) is 10.2 Å². The number of likely N-dealkylation sites (tertiary alicyclic amines) is 1. The molecule has 1 N–H and O–H groups in total. The molecule has 1 aromatic carbocycles. The third kappa shape index (κ3) is 3.54. The molecule has 3 saturated heterocycles. The van der Waals surface area contributed by atoms with Gasteiger partial charge < -0.3 is 15.0 Å². The van der Waals surface area contributed by atoms with Crippen molar-refractivity contribution in [1.29, 1.82) is 0 Å². The predicted molar refractivity (Wildman–Crippen MR) is 94.0 cm³/mol. The van der Waals surface area contributed by atoms with E-state index in [1.807, 2.05) is 0 Å². The Labute approximate surface area is 139 Å². The molecule has 3 fully saturated rings. The van der Waals surface area contributed by atoms with E-state index >= 15 is 0 Å². The van der Waals surface area contributed by atoms with Crippen LogP contribution in [0.4, 0.5) is 5.69 Å². The Morgan fingerprint density at radius 1 is 0.913 bits per heavy atom. The summed E-state index contributed by atoms with van der Waals surface area (Å²) in [5.41, 5.74) is 1.37. The van der Waals surface area contributed by atoms with E-state index in [2.05, 4.69) is 45.4 Å². The highest BCUT2D eigenvalue weighted by molar-refractivity contribution is 5.46. The fraction of sp³-hybridized carbons (Fsp3) is 0.684. The fourth-order valence-electron chi connectivity index (χ4n) is 4.38. The third-order valence-electron chi connectivity index (χ3n) is 5.73. The average molecular weight is 315 g/mol. The van der Waals surface area contributed by atoms with Crippen LogP contribution in [0, 0.1) is 0 Å². The van der Waals surface area contributed by atoms with Crippen LogP contribution in [0.1, 0.15) is 25.7 Å². The molecule has 3 heterocycles. The van der Waals surface area contributed by atoms with Crippen molar-refractivity contribution in [2.45, 2.75) is 43.8 Å². The second-order valence-electron chi connectivity index (χ2n) is 7.22. The molecule has 0 aromatic heterocycles. The molecule has 3 aliphatic heterocycles. The number of para-hydroxylation sites is 1. The van der Waals surface area contributed by atoms with E-state index in [9.17, 15) is 0 Å². The average Bonchev–Trinajstić information content (AvgIpc) is 3.27. The van der Waals surface area contributed by atoms with Crippen LogP contribution in [-0.4, -0.2) is 62.4 Å². The summed E-state index contributed by atoms with van der Waals surface area (Å²) in [4.78, 5) is 5.16. The smallest absolute Gasteiger partial charge is 0.0638 e. The van der Waals surface area contributed by atoms with Gasteiger partial charge in [0, 0.05) is 30.9 Å². The second kappa shape index (κ2) is 7.20. The van der Waals surface area contributed by atoms with Crippen molar-refractivity contribution in [2.75, 3.05) is 44.3 Å². The Morgan fingerprint density at radius 3 is 2.39 bits per heavy atom. The van der Waals surface area contributed by atoms with Crippen LogP contribution in [-0.2, 0) is 4.74 Å². The Hall–Kier alpha value is -1.10. The van der Waals surface area contributed by atoms with Gasteiger partial charge in [-0.25, -0.2) is 0 Å². The highest BCUT2D eigenvalue weighted by Gasteiger charge is 2.35. The molecule has 0 unspecified atom stereocenters. The number of nitrogens with zero attached hydrogens (tertiary/aromatic N) is 2. The van der Waals surface area contributed by atoms with Gasteiger partial charge in [-0.15, -0.1) is 0 Å². The number of benzene rings is 1. The molecule has 2 atom stereocenters. The second-order valence-corrected chi connectivity index (χ2v) is 7.22. The summed E-state index contributed by atoms with van der Waals surface area (Å²) in [6, 6.07) is 12.6. The monoisotopic (exact) mass is 315 g/mol. The zero-order valence-corrected chi connectivity index (χ0v) is 14.0. The van der Waals surface area contributed by atoms with Crippen LogP contribution in [0.15, 0.2) is 30.3 Å². The van der Waals surface area contributed by atoms with E-state index in [4.69, 9.17) is 4.74 Å². The first-order chi connectivity index (χ1) is 11.4. The standard InChI is InChI=1S/C19H29N3O/c1-2-6-17(7-3-1)21-12-8-16(9-13-21)20-18-14-23-15-19(18)22-10-4-5-11-22/h1-3,6-7,16,18-20H,4-5,8-15H2/t18-,19-/m0/s1. The topological polar surface area (TPSA) is 27.7 Å². The van der Waals surface area contributed by atoms with Crippen molar-refractivity contribution >= 4 is 5.69 Å². The Kier molecular flexibility index (Phi) is 4.83. The first-order valence-electron chi connectivity index (χ1n) is 9.28. The quantitative estimate of drug-likeness (QED) is 0.921. The van der Waals surface area contributed by atoms with Gasteiger partial charge in [-0.2, -0.15) is 0 Å². The molecule has 0 amide bonds. The SMILES string of the molecule is c1ccc(N2CCC(N[C@H]3COC[C@@H]3N3CCCC3)CC2)cc1. The van der Waals surface area contributed by atoms with Crippen LogP contribution >= 0.6 is 0 Å². The summed E-state index contributed by atoms with van der Waals surface area (Å²) >= 11 is 0. The maximum atomic E-state index is 5.80. The van der Waals surface area contributed by atoms with E-state index in [1.54, 1.807) is 0 Å². The van der Waals surface area contributed by atoms with Gasteiger partial charge in [-0.1, -0.05) is 18.2 Å². The number of rotatable bonds is 4. The highest BCUT2D eigenvalue weighted by atomic mass is 16.5. The number of hydrogen-bond acceptors (Lipinski definition) is 4. The molecule has 4 heteroatoms. The number of ether oxygens (including phenoxy) is 1. The van der Waals surface area contributed by atoms with Gasteiger partial charge in [0.15, 0.2) is 0 Å². The van der Waals surface area contributed by atoms with Crippen molar-refractivity contribution in [3.8, 4) is 0 Å². The minimum Gasteiger partial charge on any atom is -0.378 e. The van der Waals surface area contributed by atoms with Crippen LogP contribution in [0.5, 0.6) is 0 Å². The zero-order chi connectivity index (χ0) is 15.5. The lowest BCUT2D eigenvalue weighted by Crippen LogP contribution is -2.53. The van der Waals surface area contributed by atoms with Gasteiger partial charge in [0.05, 0.1) is 19.3 Å². The lowest BCUT2D eigenvalue weighted by Gasteiger charge is -2.37. The molecule has 126 valence electrons. The first kappa shape index (κ1) is 15.4. The van der Waals surface area contributed by atoms with Gasteiger partial charge in [-0.3, -0.25) is 4.90 Å². The summed E-state index contributed by atoms with van der Waals surface area (Å²) in [6.45, 7) is 6.64. The fourth-order valence-corrected chi connectivity index (χ4v) is 4.38. The minimum atomic E-state index is 0.529. The molecule has 0 bridgehead atoms. The normalized spacial score (nSPS) is 30.2. The van der Waals surface area contributed by atoms with Crippen molar-refractivity contribution in [2.24, 2.45) is 0 Å². The van der Waals surface area contributed by atoms with Crippen molar-refractivity contribution < 1.29 is 4.74 Å². The van der Waals surface area contributed by atoms with E-state index in [0.29, 0.717) is 18.1 Å². The molecular formula is C19H29N3O. The Bertz CT molecular complexity index is 481. The molecule has 23 heavy (non-hydrogen) atoms. The van der Waals surface area contributed by atoms with Crippen molar-refractivity contribution in [3.05, 3.63) is 30.3 Å². The molecule has 0 saturated carbocycles. The number of anilines is 1. The van der Waals surface area contributed by atoms with Gasteiger partial charge in [0.25, 0.3) is 0 Å². The molecule has 0 aliphatic carbocycles. The Morgan fingerprint density at radius 2 is 1.65 bits per heavy atom. The highest BCUT2D eigenvalue weighted by Crippen LogP contribution is 2.23. The molecule has 4 rings (SSSR count). The first-order valence-corrected chi connectivity index (χ1v) is 9.28. The predicted octanol–water partition coefficient (Wildman–Crippen LogP) is 2.11. The molecule has 3 aliphatic rings. The number of nitrogens with one attached hydrogen (secondary N) is 1. The maximum Gasteiger partial charge on any atom is 0.0638 e. The summed E-state index contributed by atoms with van der Waals surface area (Å²) in [6.07, 6.45) is 5.19. The van der Waals surface area contributed by atoms with E-state index < -0.39 is 0 Å². The zero-order valence-electron chi connectivity index (χ0n) is 14.0. The van der Waals surface area contributed by atoms with Gasteiger partial charge in [0.1, 0.15) is 0 Å². The molecule has 0 spiro atoms. The van der Waals surface area contributed by atoms with E-state index in [-0.39, 0.29) is 0 Å². The van der Waals surface area contributed by atoms with Crippen molar-refractivity contribution in [3.63, 3.8) is 0 Å². The number of piperidine rings is 1.